The summed E-state index contributed by atoms with van der Waals surface area (Å²) in [6.45, 7) is 7.84. The molecule has 0 bridgehead atoms. The molecule has 1 aromatic carbocycles. The van der Waals surface area contributed by atoms with Crippen molar-refractivity contribution in [2.45, 2.75) is 141 Å². The number of rotatable bonds is 27. The Morgan fingerprint density at radius 2 is 1.26 bits per heavy atom. The molecule has 0 radical (unpaired) electrons. The fourth-order valence-corrected chi connectivity index (χ4v) is 6.93. The zero-order valence-corrected chi connectivity index (χ0v) is 36.0. The second kappa shape index (κ2) is 25.8. The van der Waals surface area contributed by atoms with Crippen molar-refractivity contribution in [1.82, 2.24) is 31.5 Å². The first-order chi connectivity index (χ1) is 29.1. The van der Waals surface area contributed by atoms with Gasteiger partial charge in [-0.25, -0.2) is 4.79 Å². The molecular weight excluding hydrogens is 809 g/mol. The van der Waals surface area contributed by atoms with E-state index >= 15 is 0 Å². The first kappa shape index (κ1) is 52.3. The predicted molar refractivity (Wildman–Crippen MR) is 226 cm³/mol. The van der Waals surface area contributed by atoms with Crippen LogP contribution in [0, 0.1) is 11.8 Å². The molecule has 1 heterocycles. The van der Waals surface area contributed by atoms with Gasteiger partial charge in [-0.3, -0.25) is 38.4 Å². The van der Waals surface area contributed by atoms with Crippen LogP contribution in [-0.2, 0) is 49.6 Å². The Bertz CT molecular complexity index is 1730. The zero-order valence-electron chi connectivity index (χ0n) is 36.0. The molecule has 1 aromatic rings. The lowest BCUT2D eigenvalue weighted by Crippen LogP contribution is -2.60. The number of aromatic hydroxyl groups is 1. The molecule has 1 saturated heterocycles. The molecule has 21 nitrogen and oxygen atoms in total. The van der Waals surface area contributed by atoms with Crippen molar-refractivity contribution < 1.29 is 53.4 Å². The van der Waals surface area contributed by atoms with Crippen molar-refractivity contribution in [3.8, 4) is 5.75 Å². The number of benzene rings is 1. The Kier molecular flexibility index (Phi) is 21.8. The highest BCUT2D eigenvalue weighted by molar-refractivity contribution is 5.98. The van der Waals surface area contributed by atoms with Crippen LogP contribution in [-0.4, -0.2) is 124 Å². The summed E-state index contributed by atoms with van der Waals surface area (Å²) < 4.78 is 0. The molecule has 346 valence electrons. The van der Waals surface area contributed by atoms with E-state index in [4.69, 9.17) is 22.9 Å². The molecule has 1 fully saturated rings. The summed E-state index contributed by atoms with van der Waals surface area (Å²) in [5.74, 6) is -7.91. The number of primary amides is 2. The molecule has 0 unspecified atom stereocenters. The number of hydrogen-bond acceptors (Lipinski definition) is 12. The molecule has 0 aliphatic carbocycles. The second-order valence-electron chi connectivity index (χ2n) is 16.5. The number of nitrogens with one attached hydrogen (secondary N) is 5. The third-order valence-corrected chi connectivity index (χ3v) is 10.1. The first-order valence-corrected chi connectivity index (χ1v) is 21.0. The Balaban J connectivity index is 2.38. The number of likely N-dealkylation sites (tertiary alicyclic amines) is 1. The number of phenolic OH excluding ortho intramolecular Hbond substituents is 1. The monoisotopic (exact) mass is 874 g/mol. The number of carbonyl (C=O) groups excluding carboxylic acids is 8. The van der Waals surface area contributed by atoms with Crippen molar-refractivity contribution in [1.29, 1.82) is 0 Å². The summed E-state index contributed by atoms with van der Waals surface area (Å²) >= 11 is 0. The molecule has 7 atom stereocenters. The fourth-order valence-electron chi connectivity index (χ4n) is 6.93. The van der Waals surface area contributed by atoms with E-state index in [1.54, 1.807) is 13.8 Å². The zero-order chi connectivity index (χ0) is 46.7. The molecule has 1 aliphatic heterocycles. The van der Waals surface area contributed by atoms with E-state index in [1.807, 2.05) is 13.8 Å². The Labute approximate surface area is 361 Å². The van der Waals surface area contributed by atoms with Gasteiger partial charge in [-0.15, -0.1) is 0 Å². The van der Waals surface area contributed by atoms with Crippen LogP contribution in [0.25, 0.3) is 0 Å². The lowest BCUT2D eigenvalue weighted by atomic mass is 9.98. The number of nitrogens with two attached hydrogens (primary N) is 4. The maximum atomic E-state index is 14.2. The van der Waals surface area contributed by atoms with Gasteiger partial charge in [0.15, 0.2) is 0 Å². The van der Waals surface area contributed by atoms with E-state index in [-0.39, 0.29) is 69.1 Å². The average molecular weight is 875 g/mol. The highest BCUT2D eigenvalue weighted by Gasteiger charge is 2.40. The highest BCUT2D eigenvalue weighted by atomic mass is 16.4. The number of amides is 8. The van der Waals surface area contributed by atoms with Crippen LogP contribution >= 0.6 is 0 Å². The minimum Gasteiger partial charge on any atom is -0.508 e. The normalized spacial score (nSPS) is 16.6. The minimum absolute atomic E-state index is 0.0708. The molecule has 0 spiro atoms. The summed E-state index contributed by atoms with van der Waals surface area (Å²) in [7, 11) is 0. The number of hydrogen-bond donors (Lipinski definition) is 11. The maximum Gasteiger partial charge on any atom is 0.326 e. The summed E-state index contributed by atoms with van der Waals surface area (Å²) in [5, 5.41) is 32.4. The molecule has 62 heavy (non-hydrogen) atoms. The molecule has 15 N–H and O–H groups in total. The third kappa shape index (κ3) is 18.0. The molecule has 2 rings (SSSR count). The molecule has 21 heteroatoms. The highest BCUT2D eigenvalue weighted by Crippen LogP contribution is 2.22. The number of phenols is 1. The van der Waals surface area contributed by atoms with Crippen molar-refractivity contribution in [2.75, 3.05) is 13.1 Å². The number of aliphatic carboxylic acids is 1. The predicted octanol–water partition coefficient (Wildman–Crippen LogP) is -1.88. The summed E-state index contributed by atoms with van der Waals surface area (Å²) in [6.07, 6.45) is 0.935. The number of nitrogens with zero attached hydrogens (tertiary/aromatic N) is 1. The van der Waals surface area contributed by atoms with E-state index in [0.29, 0.717) is 31.4 Å². The van der Waals surface area contributed by atoms with Gasteiger partial charge < -0.3 is 64.6 Å². The topological polar surface area (TPSA) is 362 Å². The standard InChI is InChI=1S/C41H66N10O11/c1-22(2)18-28(36(56)50-31(19-23(3)4)40(60)51-17-7-9-32(51)39(59)46-27(41(61)62)8-5-6-16-42)48-37(57)29(20-24-10-12-25(52)13-11-24)49-38(58)30(21-34(45)54)47-35(55)26(43)14-15-33(44)53/h10-13,22-23,26-32,52H,5-9,14-21,42-43H2,1-4H3,(H2,44,53)(H2,45,54)(H,46,59)(H,47,55)(H,48,57)(H,49,58)(H,50,56)(H,61,62)/t26-,27-,28-,29-,30-,31-,32-/m0/s1. The minimum atomic E-state index is -1.60. The second-order valence-corrected chi connectivity index (χ2v) is 16.5. The Hall–Kier alpha value is -5.83. The van der Waals surface area contributed by atoms with Gasteiger partial charge in [0.1, 0.15) is 42.0 Å². The smallest absolute Gasteiger partial charge is 0.326 e. The maximum absolute atomic E-state index is 14.2. The van der Waals surface area contributed by atoms with Crippen molar-refractivity contribution >= 4 is 53.2 Å². The first-order valence-electron chi connectivity index (χ1n) is 21.0. The fraction of sp³-hybridized carbons (Fsp3) is 0.634. The van der Waals surface area contributed by atoms with Gasteiger partial charge >= 0.3 is 5.97 Å². The molecule has 8 amide bonds. The van der Waals surface area contributed by atoms with Gasteiger partial charge in [0.25, 0.3) is 0 Å². The molecule has 0 aromatic heterocycles. The van der Waals surface area contributed by atoms with Crippen LogP contribution in [0.5, 0.6) is 5.75 Å². The van der Waals surface area contributed by atoms with Crippen LogP contribution < -0.4 is 49.5 Å². The van der Waals surface area contributed by atoms with Crippen LogP contribution in [0.1, 0.15) is 97.5 Å². The molecule has 0 saturated carbocycles. The SMILES string of the molecule is CC(C)C[C@H](NC(=O)[C@H](Cc1ccc(O)cc1)NC(=O)[C@H](CC(N)=O)NC(=O)[C@@H](N)CCC(N)=O)C(=O)N[C@@H](CC(C)C)C(=O)N1CCC[C@H]1C(=O)N[C@@H](CCCCN)C(=O)O. The van der Waals surface area contributed by atoms with E-state index in [9.17, 15) is 53.4 Å². The number of carbonyl (C=O) groups is 9. The molecular formula is C41H66N10O11. The number of unbranched alkanes of at least 4 members (excludes halogenated alkanes) is 1. The van der Waals surface area contributed by atoms with E-state index in [0.717, 1.165) is 0 Å². The lowest BCUT2D eigenvalue weighted by Gasteiger charge is -2.31. The van der Waals surface area contributed by atoms with Crippen molar-refractivity contribution in [2.24, 2.45) is 34.8 Å². The van der Waals surface area contributed by atoms with E-state index < -0.39 is 102 Å². The summed E-state index contributed by atoms with van der Waals surface area (Å²) in [4.78, 5) is 119. The van der Waals surface area contributed by atoms with Crippen molar-refractivity contribution in [3.05, 3.63) is 29.8 Å². The third-order valence-electron chi connectivity index (χ3n) is 10.1. The van der Waals surface area contributed by atoms with Gasteiger partial charge in [0.05, 0.1) is 12.5 Å². The Morgan fingerprint density at radius 1 is 0.710 bits per heavy atom. The largest absolute Gasteiger partial charge is 0.508 e. The quantitative estimate of drug-likeness (QED) is 0.0432. The Morgan fingerprint density at radius 3 is 1.82 bits per heavy atom. The summed E-state index contributed by atoms with van der Waals surface area (Å²) in [6, 6.07) is -3.14. The van der Waals surface area contributed by atoms with Crippen LogP contribution in [0.15, 0.2) is 24.3 Å². The number of carboxylic acid groups (broad SMARTS) is 1. The van der Waals surface area contributed by atoms with Crippen LogP contribution in [0.4, 0.5) is 0 Å². The lowest BCUT2D eigenvalue weighted by molar-refractivity contribution is -0.145. The molecule has 1 aliphatic rings. The van der Waals surface area contributed by atoms with Gasteiger partial charge in [-0.05, 0) is 87.4 Å². The summed E-state index contributed by atoms with van der Waals surface area (Å²) in [5.41, 5.74) is 22.4. The van der Waals surface area contributed by atoms with E-state index in [1.165, 1.54) is 29.2 Å². The van der Waals surface area contributed by atoms with E-state index in [2.05, 4.69) is 26.6 Å². The van der Waals surface area contributed by atoms with Crippen LogP contribution in [0.2, 0.25) is 0 Å². The van der Waals surface area contributed by atoms with Gasteiger partial charge in [0, 0.05) is 19.4 Å². The van der Waals surface area contributed by atoms with Gasteiger partial charge in [-0.2, -0.15) is 0 Å². The van der Waals surface area contributed by atoms with Crippen LogP contribution in [0.3, 0.4) is 0 Å². The number of carboxylic acids is 1. The van der Waals surface area contributed by atoms with Gasteiger partial charge in [0.2, 0.25) is 47.3 Å². The average Bonchev–Trinajstić information content (AvgIpc) is 3.68. The van der Waals surface area contributed by atoms with Crippen molar-refractivity contribution in [3.63, 3.8) is 0 Å². The van der Waals surface area contributed by atoms with Gasteiger partial charge in [-0.1, -0.05) is 39.8 Å².